The molecule has 0 saturated carbocycles. The summed E-state index contributed by atoms with van der Waals surface area (Å²) in [5.74, 6) is -0.0846. The Balaban J connectivity index is 1.62. The Bertz CT molecular complexity index is 1060. The summed E-state index contributed by atoms with van der Waals surface area (Å²) in [5.41, 5.74) is 8.09. The number of carbonyl (C=O) groups is 2. The molecule has 180 valence electrons. The van der Waals surface area contributed by atoms with Gasteiger partial charge in [-0.15, -0.1) is 0 Å². The van der Waals surface area contributed by atoms with E-state index in [9.17, 15) is 14.7 Å². The third kappa shape index (κ3) is 6.92. The predicted octanol–water partition coefficient (Wildman–Crippen LogP) is 4.50. The molecule has 0 unspecified atom stereocenters. The third-order valence-corrected chi connectivity index (χ3v) is 5.41. The maximum Gasteiger partial charge on any atom is 0.326 e. The van der Waals surface area contributed by atoms with Gasteiger partial charge in [-0.2, -0.15) is 0 Å². The molecule has 0 aliphatic heterocycles. The van der Waals surface area contributed by atoms with Crippen LogP contribution in [0.5, 0.6) is 5.75 Å². The van der Waals surface area contributed by atoms with Crippen LogP contribution in [0.15, 0.2) is 59.1 Å². The van der Waals surface area contributed by atoms with Crippen molar-refractivity contribution < 1.29 is 24.0 Å². The van der Waals surface area contributed by atoms with Crippen LogP contribution in [0.25, 0.3) is 22.6 Å². The normalized spacial score (nSPS) is 11.7. The second-order valence-electron chi connectivity index (χ2n) is 8.03. The van der Waals surface area contributed by atoms with Gasteiger partial charge in [-0.25, -0.2) is 4.79 Å². The van der Waals surface area contributed by atoms with Crippen LogP contribution in [0.4, 0.5) is 0 Å². The molecule has 3 rings (SSSR count). The van der Waals surface area contributed by atoms with Crippen LogP contribution in [0.1, 0.15) is 49.4 Å². The molecule has 0 spiro atoms. The number of ether oxygens (including phenoxy) is 1. The summed E-state index contributed by atoms with van der Waals surface area (Å²) in [6.07, 6.45) is 4.15. The Kier molecular flexibility index (Phi) is 9.22. The minimum Gasteiger partial charge on any atom is -0.494 e. The SMILES string of the molecule is CCCCCOc1ccc(-c2cc(-c3ccc(C(=O)N[C@@H](CCCN)C(=O)O)cc3)no2)cc1. The van der Waals surface area contributed by atoms with E-state index in [1.807, 2.05) is 30.3 Å². The molecule has 2 aromatic carbocycles. The average Bonchev–Trinajstić information content (AvgIpc) is 3.35. The summed E-state index contributed by atoms with van der Waals surface area (Å²) in [7, 11) is 0. The molecule has 8 nitrogen and oxygen atoms in total. The first kappa shape index (κ1) is 25.0. The van der Waals surface area contributed by atoms with Gasteiger partial charge >= 0.3 is 5.97 Å². The van der Waals surface area contributed by atoms with Crippen LogP contribution in [0.3, 0.4) is 0 Å². The lowest BCUT2D eigenvalue weighted by Gasteiger charge is -2.14. The van der Waals surface area contributed by atoms with E-state index >= 15 is 0 Å². The minimum atomic E-state index is -1.08. The highest BCUT2D eigenvalue weighted by molar-refractivity contribution is 5.97. The molecule has 0 aliphatic carbocycles. The van der Waals surface area contributed by atoms with Crippen LogP contribution in [-0.4, -0.2) is 41.3 Å². The summed E-state index contributed by atoms with van der Waals surface area (Å²) in [6, 6.07) is 15.3. The summed E-state index contributed by atoms with van der Waals surface area (Å²) >= 11 is 0. The molecule has 1 heterocycles. The molecule has 1 amide bonds. The van der Waals surface area contributed by atoms with E-state index in [4.69, 9.17) is 15.0 Å². The molecule has 0 bridgehead atoms. The van der Waals surface area contributed by atoms with Gasteiger partial charge in [0.25, 0.3) is 5.91 Å². The first-order valence-corrected chi connectivity index (χ1v) is 11.6. The smallest absolute Gasteiger partial charge is 0.326 e. The standard InChI is InChI=1S/C26H31N3O5/c1-2-3-4-16-33-21-13-11-19(12-14-21)24-17-23(29-34-24)18-7-9-20(10-8-18)25(30)28-22(26(31)32)6-5-15-27/h7-14,17,22H,2-6,15-16,27H2,1H3,(H,28,30)(H,31,32)/t22-/m0/s1. The maximum absolute atomic E-state index is 12.4. The molecule has 0 fully saturated rings. The summed E-state index contributed by atoms with van der Waals surface area (Å²) < 4.78 is 11.2. The van der Waals surface area contributed by atoms with Crippen molar-refractivity contribution in [1.82, 2.24) is 10.5 Å². The fourth-order valence-corrected chi connectivity index (χ4v) is 3.42. The van der Waals surface area contributed by atoms with Crippen LogP contribution >= 0.6 is 0 Å². The lowest BCUT2D eigenvalue weighted by atomic mass is 10.1. The number of hydrogen-bond acceptors (Lipinski definition) is 6. The molecule has 0 radical (unpaired) electrons. The fraction of sp³-hybridized carbons (Fsp3) is 0.346. The van der Waals surface area contributed by atoms with Crippen molar-refractivity contribution in [3.8, 4) is 28.3 Å². The van der Waals surface area contributed by atoms with E-state index < -0.39 is 17.9 Å². The largest absolute Gasteiger partial charge is 0.494 e. The minimum absolute atomic E-state index is 0.281. The third-order valence-electron chi connectivity index (χ3n) is 5.41. The Hall–Kier alpha value is -3.65. The second kappa shape index (κ2) is 12.6. The summed E-state index contributed by atoms with van der Waals surface area (Å²) in [6.45, 7) is 3.23. The Labute approximate surface area is 199 Å². The lowest BCUT2D eigenvalue weighted by molar-refractivity contribution is -0.139. The molecule has 34 heavy (non-hydrogen) atoms. The van der Waals surface area contributed by atoms with Crippen molar-refractivity contribution in [2.75, 3.05) is 13.2 Å². The van der Waals surface area contributed by atoms with E-state index in [1.165, 1.54) is 0 Å². The van der Waals surface area contributed by atoms with Crippen molar-refractivity contribution in [3.05, 3.63) is 60.2 Å². The number of benzene rings is 2. The highest BCUT2D eigenvalue weighted by atomic mass is 16.5. The van der Waals surface area contributed by atoms with Gasteiger partial charge in [0.05, 0.1) is 6.61 Å². The van der Waals surface area contributed by atoms with E-state index in [2.05, 4.69) is 17.4 Å². The zero-order valence-electron chi connectivity index (χ0n) is 19.3. The van der Waals surface area contributed by atoms with E-state index in [1.54, 1.807) is 24.3 Å². The van der Waals surface area contributed by atoms with Crippen molar-refractivity contribution in [1.29, 1.82) is 0 Å². The van der Waals surface area contributed by atoms with Crippen LogP contribution in [-0.2, 0) is 4.79 Å². The maximum atomic E-state index is 12.4. The molecular formula is C26H31N3O5. The van der Waals surface area contributed by atoms with Gasteiger partial charge in [-0.05, 0) is 62.2 Å². The van der Waals surface area contributed by atoms with E-state index in [0.717, 1.165) is 36.1 Å². The number of aromatic nitrogens is 1. The zero-order valence-corrected chi connectivity index (χ0v) is 19.3. The highest BCUT2D eigenvalue weighted by Crippen LogP contribution is 2.27. The first-order valence-electron chi connectivity index (χ1n) is 11.6. The molecule has 0 saturated heterocycles. The van der Waals surface area contributed by atoms with Gasteiger partial charge < -0.3 is 25.4 Å². The van der Waals surface area contributed by atoms with Gasteiger partial charge in [0.15, 0.2) is 5.76 Å². The number of rotatable bonds is 13. The number of hydrogen-bond donors (Lipinski definition) is 3. The number of carbonyl (C=O) groups excluding carboxylic acids is 1. The lowest BCUT2D eigenvalue weighted by Crippen LogP contribution is -2.41. The number of aliphatic carboxylic acids is 1. The van der Waals surface area contributed by atoms with Crippen molar-refractivity contribution >= 4 is 11.9 Å². The predicted molar refractivity (Wildman–Crippen MR) is 130 cm³/mol. The van der Waals surface area contributed by atoms with Crippen molar-refractivity contribution in [3.63, 3.8) is 0 Å². The van der Waals surface area contributed by atoms with E-state index in [-0.39, 0.29) is 6.42 Å². The first-order chi connectivity index (χ1) is 16.5. The number of amides is 1. The van der Waals surface area contributed by atoms with Crippen LogP contribution in [0.2, 0.25) is 0 Å². The molecule has 1 atom stereocenters. The van der Waals surface area contributed by atoms with Gasteiger partial charge in [0, 0.05) is 22.8 Å². The van der Waals surface area contributed by atoms with Crippen molar-refractivity contribution in [2.24, 2.45) is 5.73 Å². The highest BCUT2D eigenvalue weighted by Gasteiger charge is 2.20. The van der Waals surface area contributed by atoms with E-state index in [0.29, 0.717) is 36.6 Å². The summed E-state index contributed by atoms with van der Waals surface area (Å²) in [5, 5.41) is 16.0. The Morgan fingerprint density at radius 1 is 1.06 bits per heavy atom. The molecular weight excluding hydrogens is 434 g/mol. The van der Waals surface area contributed by atoms with Crippen LogP contribution < -0.4 is 15.8 Å². The topological polar surface area (TPSA) is 128 Å². The van der Waals surface area contributed by atoms with Gasteiger partial charge in [-0.3, -0.25) is 4.79 Å². The van der Waals surface area contributed by atoms with Crippen molar-refractivity contribution in [2.45, 2.75) is 45.1 Å². The van der Waals surface area contributed by atoms with Gasteiger partial charge in [-0.1, -0.05) is 37.1 Å². The molecule has 1 aromatic heterocycles. The summed E-state index contributed by atoms with van der Waals surface area (Å²) in [4.78, 5) is 23.8. The monoisotopic (exact) mass is 465 g/mol. The van der Waals surface area contributed by atoms with Gasteiger partial charge in [0.2, 0.25) is 0 Å². The van der Waals surface area contributed by atoms with Crippen LogP contribution in [0, 0.1) is 0 Å². The fourth-order valence-electron chi connectivity index (χ4n) is 3.42. The molecule has 4 N–H and O–H groups in total. The molecule has 3 aromatic rings. The Morgan fingerprint density at radius 2 is 1.76 bits per heavy atom. The number of nitrogens with one attached hydrogen (secondary N) is 1. The Morgan fingerprint density at radius 3 is 2.41 bits per heavy atom. The molecule has 8 heteroatoms. The van der Waals surface area contributed by atoms with Gasteiger partial charge in [0.1, 0.15) is 17.5 Å². The number of carboxylic acids is 1. The number of nitrogens with zero attached hydrogens (tertiary/aromatic N) is 1. The number of nitrogens with two attached hydrogens (primary N) is 1. The molecule has 0 aliphatic rings. The number of unbranched alkanes of at least 4 members (excludes halogenated alkanes) is 2. The average molecular weight is 466 g/mol. The number of carboxylic acid groups (broad SMARTS) is 1. The quantitative estimate of drug-likeness (QED) is 0.317. The zero-order chi connectivity index (χ0) is 24.3. The second-order valence-corrected chi connectivity index (χ2v) is 8.03.